The number of nitrogen functional groups attached to an aromatic ring is 1. The van der Waals surface area contributed by atoms with Crippen LogP contribution >= 0.6 is 0 Å². The van der Waals surface area contributed by atoms with Gasteiger partial charge in [0.05, 0.1) is 5.69 Å². The quantitative estimate of drug-likeness (QED) is 0.868. The molecule has 2 fully saturated rings. The number of nitrogens with zero attached hydrogens (tertiary/aromatic N) is 4. The van der Waals surface area contributed by atoms with Crippen LogP contribution in [0.4, 0.5) is 5.69 Å². The zero-order chi connectivity index (χ0) is 14.3. The highest BCUT2D eigenvalue weighted by Gasteiger charge is 2.37. The molecule has 0 spiro atoms. The van der Waals surface area contributed by atoms with E-state index < -0.39 is 0 Å². The molecule has 1 aromatic rings. The molecule has 0 aromatic carbocycles. The molecule has 2 N–H and O–H groups in total. The molecule has 20 heavy (non-hydrogen) atoms. The summed E-state index contributed by atoms with van der Waals surface area (Å²) in [6, 6.07) is 0.743. The predicted molar refractivity (Wildman–Crippen MR) is 77.4 cm³/mol. The van der Waals surface area contributed by atoms with E-state index in [-0.39, 0.29) is 11.9 Å². The summed E-state index contributed by atoms with van der Waals surface area (Å²) in [7, 11) is 0. The molecule has 2 atom stereocenters. The van der Waals surface area contributed by atoms with Crippen LogP contribution in [0.5, 0.6) is 0 Å². The molecule has 0 aliphatic carbocycles. The fourth-order valence-corrected chi connectivity index (χ4v) is 3.37. The monoisotopic (exact) mass is 277 g/mol. The molecule has 6 nitrogen and oxygen atoms in total. The van der Waals surface area contributed by atoms with Crippen LogP contribution in [-0.2, 0) is 6.54 Å². The highest BCUT2D eigenvalue weighted by Crippen LogP contribution is 2.26. The molecule has 2 aliphatic heterocycles. The second-order valence-electron chi connectivity index (χ2n) is 5.89. The van der Waals surface area contributed by atoms with Crippen LogP contribution in [0, 0.1) is 0 Å². The Morgan fingerprint density at radius 3 is 3.00 bits per heavy atom. The van der Waals surface area contributed by atoms with Gasteiger partial charge in [0, 0.05) is 37.9 Å². The van der Waals surface area contributed by atoms with Gasteiger partial charge in [0.2, 0.25) is 0 Å². The van der Waals surface area contributed by atoms with Gasteiger partial charge in [0.15, 0.2) is 5.69 Å². The van der Waals surface area contributed by atoms with Crippen molar-refractivity contribution < 1.29 is 4.79 Å². The zero-order valence-corrected chi connectivity index (χ0v) is 12.2. The maximum absolute atomic E-state index is 12.7. The largest absolute Gasteiger partial charge is 0.396 e. The first-order valence-electron chi connectivity index (χ1n) is 7.48. The number of carbonyl (C=O) groups excluding carboxylic acids is 1. The molecule has 2 unspecified atom stereocenters. The Kier molecular flexibility index (Phi) is 3.41. The van der Waals surface area contributed by atoms with E-state index in [4.69, 9.17) is 5.73 Å². The second kappa shape index (κ2) is 5.09. The summed E-state index contributed by atoms with van der Waals surface area (Å²) in [5.41, 5.74) is 6.83. The van der Waals surface area contributed by atoms with Gasteiger partial charge in [0.1, 0.15) is 0 Å². The third-order valence-electron chi connectivity index (χ3n) is 4.51. The second-order valence-corrected chi connectivity index (χ2v) is 5.89. The number of nitrogens with two attached hydrogens (primary N) is 1. The van der Waals surface area contributed by atoms with Crippen molar-refractivity contribution in [2.45, 2.75) is 45.3 Å². The van der Waals surface area contributed by atoms with Crippen molar-refractivity contribution in [1.29, 1.82) is 0 Å². The van der Waals surface area contributed by atoms with Crippen molar-refractivity contribution in [1.82, 2.24) is 19.6 Å². The maximum Gasteiger partial charge on any atom is 0.276 e. The van der Waals surface area contributed by atoms with Crippen LogP contribution in [-0.4, -0.2) is 57.2 Å². The van der Waals surface area contributed by atoms with Gasteiger partial charge < -0.3 is 10.6 Å². The molecule has 3 rings (SSSR count). The maximum atomic E-state index is 12.7. The van der Waals surface area contributed by atoms with Gasteiger partial charge in [-0.25, -0.2) is 0 Å². The summed E-state index contributed by atoms with van der Waals surface area (Å²) in [5.74, 6) is -0.0197. The number of hydrogen-bond acceptors (Lipinski definition) is 4. The molecule has 2 saturated heterocycles. The summed E-state index contributed by atoms with van der Waals surface area (Å²) >= 11 is 0. The van der Waals surface area contributed by atoms with E-state index in [0.717, 1.165) is 19.6 Å². The van der Waals surface area contributed by atoms with Crippen LogP contribution in [0.2, 0.25) is 0 Å². The van der Waals surface area contributed by atoms with Gasteiger partial charge in [0.25, 0.3) is 5.91 Å². The lowest BCUT2D eigenvalue weighted by Crippen LogP contribution is -2.56. The average Bonchev–Trinajstić information content (AvgIpc) is 3.02. The van der Waals surface area contributed by atoms with E-state index in [2.05, 4.69) is 16.9 Å². The van der Waals surface area contributed by atoms with Crippen molar-refractivity contribution in [2.24, 2.45) is 0 Å². The molecule has 2 aliphatic rings. The number of rotatable bonds is 2. The number of piperazine rings is 1. The molecule has 110 valence electrons. The van der Waals surface area contributed by atoms with Gasteiger partial charge in [-0.15, -0.1) is 0 Å². The topological polar surface area (TPSA) is 67.4 Å². The minimum Gasteiger partial charge on any atom is -0.396 e. The van der Waals surface area contributed by atoms with Crippen LogP contribution in [0.15, 0.2) is 6.20 Å². The van der Waals surface area contributed by atoms with Gasteiger partial charge in [-0.3, -0.25) is 14.4 Å². The number of aromatic nitrogens is 2. The Morgan fingerprint density at radius 1 is 1.50 bits per heavy atom. The van der Waals surface area contributed by atoms with Gasteiger partial charge in [-0.1, -0.05) is 0 Å². The number of hydrogen-bond donors (Lipinski definition) is 1. The van der Waals surface area contributed by atoms with Gasteiger partial charge >= 0.3 is 0 Å². The number of fused-ring (bicyclic) bond motifs is 1. The Morgan fingerprint density at radius 2 is 2.30 bits per heavy atom. The van der Waals surface area contributed by atoms with Crippen molar-refractivity contribution in [3.05, 3.63) is 11.9 Å². The number of anilines is 1. The third-order valence-corrected chi connectivity index (χ3v) is 4.51. The van der Waals surface area contributed by atoms with E-state index in [0.29, 0.717) is 17.4 Å². The number of aryl methyl sites for hydroxylation is 1. The Bertz CT molecular complexity index is 512. The molecule has 1 amide bonds. The lowest BCUT2D eigenvalue weighted by Gasteiger charge is -2.42. The fourth-order valence-electron chi connectivity index (χ4n) is 3.37. The average molecular weight is 277 g/mol. The summed E-state index contributed by atoms with van der Waals surface area (Å²) in [4.78, 5) is 17.2. The van der Waals surface area contributed by atoms with Crippen molar-refractivity contribution in [2.75, 3.05) is 25.4 Å². The first-order valence-corrected chi connectivity index (χ1v) is 7.48. The van der Waals surface area contributed by atoms with Crippen molar-refractivity contribution in [3.63, 3.8) is 0 Å². The Labute approximate surface area is 119 Å². The van der Waals surface area contributed by atoms with Crippen molar-refractivity contribution >= 4 is 11.6 Å². The molecule has 1 aromatic heterocycles. The summed E-state index contributed by atoms with van der Waals surface area (Å²) in [6.07, 6.45) is 4.17. The predicted octanol–water partition coefficient (Wildman–Crippen LogP) is 0.794. The zero-order valence-electron chi connectivity index (χ0n) is 12.2. The number of amides is 1. The first kappa shape index (κ1) is 13.4. The molecule has 0 saturated carbocycles. The first-order chi connectivity index (χ1) is 9.60. The summed E-state index contributed by atoms with van der Waals surface area (Å²) < 4.78 is 1.72. The normalized spacial score (nSPS) is 26.8. The minimum atomic E-state index is -0.0197. The van der Waals surface area contributed by atoms with Gasteiger partial charge in [-0.05, 0) is 33.2 Å². The smallest absolute Gasteiger partial charge is 0.276 e. The molecule has 3 heterocycles. The SMILES string of the molecule is CCn1cc(N)c(C(=O)N2CC3CCCN3CC2C)n1. The molecular formula is C14H23N5O. The minimum absolute atomic E-state index is 0.0197. The molecule has 0 bridgehead atoms. The molecular weight excluding hydrogens is 254 g/mol. The summed E-state index contributed by atoms with van der Waals surface area (Å²) in [5, 5.41) is 4.31. The van der Waals surface area contributed by atoms with Gasteiger partial charge in [-0.2, -0.15) is 5.10 Å². The van der Waals surface area contributed by atoms with Crippen LogP contribution in [0.3, 0.4) is 0 Å². The van der Waals surface area contributed by atoms with E-state index in [1.165, 1.54) is 19.4 Å². The number of carbonyl (C=O) groups is 1. The van der Waals surface area contributed by atoms with E-state index in [1.54, 1.807) is 10.9 Å². The van der Waals surface area contributed by atoms with Crippen LogP contribution in [0.1, 0.15) is 37.2 Å². The molecule has 0 radical (unpaired) electrons. The van der Waals surface area contributed by atoms with Crippen LogP contribution in [0.25, 0.3) is 0 Å². The standard InChI is InChI=1S/C14H23N5O/c1-3-18-9-12(15)13(16-18)14(20)19-8-11-5-4-6-17(11)7-10(19)2/h9-11H,3-8,15H2,1-2H3. The lowest BCUT2D eigenvalue weighted by atomic mass is 10.1. The fraction of sp³-hybridized carbons (Fsp3) is 0.714. The summed E-state index contributed by atoms with van der Waals surface area (Å²) in [6.45, 7) is 7.76. The third kappa shape index (κ3) is 2.18. The molecule has 6 heteroatoms. The van der Waals surface area contributed by atoms with Crippen LogP contribution < -0.4 is 5.73 Å². The van der Waals surface area contributed by atoms with E-state index in [9.17, 15) is 4.79 Å². The van der Waals surface area contributed by atoms with E-state index >= 15 is 0 Å². The highest BCUT2D eigenvalue weighted by atomic mass is 16.2. The Balaban J connectivity index is 1.80. The Hall–Kier alpha value is -1.56. The van der Waals surface area contributed by atoms with Crippen molar-refractivity contribution in [3.8, 4) is 0 Å². The highest BCUT2D eigenvalue weighted by molar-refractivity contribution is 5.97. The van der Waals surface area contributed by atoms with E-state index in [1.807, 2.05) is 11.8 Å². The lowest BCUT2D eigenvalue weighted by molar-refractivity contribution is 0.0390.